The highest BCUT2D eigenvalue weighted by atomic mass is 35.5. The van der Waals surface area contributed by atoms with Crippen molar-refractivity contribution < 1.29 is 13.2 Å². The zero-order valence-corrected chi connectivity index (χ0v) is 9.52. The van der Waals surface area contributed by atoms with E-state index in [0.717, 1.165) is 0 Å². The zero-order valence-electron chi connectivity index (χ0n) is 8.76. The third-order valence-electron chi connectivity index (χ3n) is 2.01. The van der Waals surface area contributed by atoms with Crippen molar-refractivity contribution in [3.8, 4) is 0 Å². The molecule has 90 valence electrons. The largest absolute Gasteiger partial charge is 0.401 e. The fourth-order valence-electron chi connectivity index (χ4n) is 1.30. The summed E-state index contributed by atoms with van der Waals surface area (Å²) in [5.41, 5.74) is 0.540. The van der Waals surface area contributed by atoms with Crippen molar-refractivity contribution >= 4 is 11.6 Å². The molecule has 1 rings (SSSR count). The Morgan fingerprint density at radius 1 is 1.44 bits per heavy atom. The maximum absolute atomic E-state index is 12.2. The van der Waals surface area contributed by atoms with Crippen molar-refractivity contribution in [2.75, 3.05) is 13.1 Å². The minimum Gasteiger partial charge on any atom is -0.289 e. The highest BCUT2D eigenvalue weighted by Gasteiger charge is 2.30. The molecule has 0 atom stereocenters. The van der Waals surface area contributed by atoms with Crippen LogP contribution in [0.2, 0.25) is 5.02 Å². The van der Waals surface area contributed by atoms with Gasteiger partial charge in [0.1, 0.15) is 0 Å². The number of aromatic nitrogens is 1. The summed E-state index contributed by atoms with van der Waals surface area (Å²) >= 11 is 5.72. The van der Waals surface area contributed by atoms with Gasteiger partial charge in [-0.15, -0.1) is 0 Å². The van der Waals surface area contributed by atoms with E-state index < -0.39 is 12.7 Å². The minimum absolute atomic E-state index is 0.149. The van der Waals surface area contributed by atoms with E-state index >= 15 is 0 Å². The minimum atomic E-state index is -4.19. The van der Waals surface area contributed by atoms with Gasteiger partial charge in [-0.3, -0.25) is 9.88 Å². The highest BCUT2D eigenvalue weighted by Crippen LogP contribution is 2.18. The summed E-state index contributed by atoms with van der Waals surface area (Å²) in [7, 11) is 0. The molecule has 0 saturated carbocycles. The summed E-state index contributed by atoms with van der Waals surface area (Å²) in [6, 6.07) is 3.16. The van der Waals surface area contributed by atoms with Gasteiger partial charge in [0.15, 0.2) is 0 Å². The van der Waals surface area contributed by atoms with Crippen molar-refractivity contribution in [2.24, 2.45) is 0 Å². The molecule has 0 aliphatic rings. The molecule has 0 radical (unpaired) electrons. The lowest BCUT2D eigenvalue weighted by molar-refractivity contribution is -0.146. The van der Waals surface area contributed by atoms with Gasteiger partial charge >= 0.3 is 6.18 Å². The molecular weight excluding hydrogens is 241 g/mol. The number of hydrogen-bond acceptors (Lipinski definition) is 2. The maximum Gasteiger partial charge on any atom is 0.401 e. The fraction of sp³-hybridized carbons (Fsp3) is 0.500. The van der Waals surface area contributed by atoms with Crippen LogP contribution in [0.4, 0.5) is 13.2 Å². The first kappa shape index (κ1) is 13.3. The molecule has 0 spiro atoms. The van der Waals surface area contributed by atoms with Gasteiger partial charge in [-0.2, -0.15) is 13.2 Å². The van der Waals surface area contributed by atoms with Crippen molar-refractivity contribution in [2.45, 2.75) is 19.6 Å². The molecule has 0 aromatic carbocycles. The van der Waals surface area contributed by atoms with Crippen molar-refractivity contribution in [1.82, 2.24) is 9.88 Å². The molecule has 0 fully saturated rings. The molecule has 0 bridgehead atoms. The second kappa shape index (κ2) is 5.50. The third-order valence-corrected chi connectivity index (χ3v) is 2.25. The van der Waals surface area contributed by atoms with Crippen LogP contribution in [0, 0.1) is 0 Å². The van der Waals surface area contributed by atoms with E-state index in [1.54, 1.807) is 19.1 Å². The van der Waals surface area contributed by atoms with Crippen LogP contribution in [0.5, 0.6) is 0 Å². The Kier molecular flexibility index (Phi) is 4.56. The molecule has 0 saturated heterocycles. The van der Waals surface area contributed by atoms with Gasteiger partial charge in [-0.25, -0.2) is 0 Å². The first-order chi connectivity index (χ1) is 7.40. The van der Waals surface area contributed by atoms with Crippen LogP contribution < -0.4 is 0 Å². The number of pyridine rings is 1. The Labute approximate surface area is 97.0 Å². The second-order valence-electron chi connectivity index (χ2n) is 3.38. The van der Waals surface area contributed by atoms with Crippen molar-refractivity contribution in [1.29, 1.82) is 0 Å². The van der Waals surface area contributed by atoms with Crippen LogP contribution in [0.25, 0.3) is 0 Å². The van der Waals surface area contributed by atoms with E-state index in [4.69, 9.17) is 11.6 Å². The first-order valence-electron chi connectivity index (χ1n) is 4.80. The third kappa shape index (κ3) is 4.81. The summed E-state index contributed by atoms with van der Waals surface area (Å²) in [4.78, 5) is 5.23. The quantitative estimate of drug-likeness (QED) is 0.819. The monoisotopic (exact) mass is 252 g/mol. The van der Waals surface area contributed by atoms with Gasteiger partial charge in [0.2, 0.25) is 0 Å². The zero-order chi connectivity index (χ0) is 12.2. The number of alkyl halides is 3. The lowest BCUT2D eigenvalue weighted by Gasteiger charge is -2.21. The summed E-state index contributed by atoms with van der Waals surface area (Å²) in [5, 5.41) is 0.480. The van der Waals surface area contributed by atoms with Gasteiger partial charge in [0, 0.05) is 17.8 Å². The Morgan fingerprint density at radius 3 is 2.62 bits per heavy atom. The number of rotatable bonds is 4. The summed E-state index contributed by atoms with van der Waals surface area (Å²) in [6.07, 6.45) is -2.70. The summed E-state index contributed by atoms with van der Waals surface area (Å²) in [5.74, 6) is 0. The molecule has 0 N–H and O–H groups in total. The number of halogens is 4. The van der Waals surface area contributed by atoms with Crippen molar-refractivity contribution in [3.05, 3.63) is 29.0 Å². The Hall–Kier alpha value is -0.810. The van der Waals surface area contributed by atoms with Crippen LogP contribution in [-0.4, -0.2) is 29.1 Å². The number of nitrogens with zero attached hydrogens (tertiary/aromatic N) is 2. The molecular formula is C10H12ClF3N2. The summed E-state index contributed by atoms with van der Waals surface area (Å²) in [6.45, 7) is 1.21. The van der Waals surface area contributed by atoms with Crippen LogP contribution in [0.1, 0.15) is 12.6 Å². The Morgan fingerprint density at radius 2 is 2.12 bits per heavy atom. The Bertz CT molecular complexity index is 341. The molecule has 0 amide bonds. The SMILES string of the molecule is CCN(Cc1cc(Cl)ccn1)CC(F)(F)F. The number of hydrogen-bond donors (Lipinski definition) is 0. The fourth-order valence-corrected chi connectivity index (χ4v) is 1.48. The van der Waals surface area contributed by atoms with Gasteiger partial charge in [0.05, 0.1) is 12.2 Å². The van der Waals surface area contributed by atoms with Crippen LogP contribution >= 0.6 is 11.6 Å². The second-order valence-corrected chi connectivity index (χ2v) is 3.82. The standard InChI is InChI=1S/C10H12ClF3N2/c1-2-16(7-10(12,13)14)6-9-5-8(11)3-4-15-9/h3-5H,2,6-7H2,1H3. The van der Waals surface area contributed by atoms with Crippen LogP contribution in [0.15, 0.2) is 18.3 Å². The molecule has 2 nitrogen and oxygen atoms in total. The molecule has 1 aromatic rings. The average molecular weight is 253 g/mol. The maximum atomic E-state index is 12.2. The Balaban J connectivity index is 2.63. The van der Waals surface area contributed by atoms with E-state index in [1.807, 2.05) is 0 Å². The molecule has 0 aliphatic heterocycles. The van der Waals surface area contributed by atoms with Gasteiger partial charge < -0.3 is 0 Å². The van der Waals surface area contributed by atoms with E-state index in [1.165, 1.54) is 11.1 Å². The van der Waals surface area contributed by atoms with Gasteiger partial charge in [-0.05, 0) is 18.7 Å². The van der Waals surface area contributed by atoms with Gasteiger partial charge in [-0.1, -0.05) is 18.5 Å². The van der Waals surface area contributed by atoms with E-state index in [2.05, 4.69) is 4.98 Å². The summed E-state index contributed by atoms with van der Waals surface area (Å²) < 4.78 is 36.6. The van der Waals surface area contributed by atoms with Crippen LogP contribution in [-0.2, 0) is 6.54 Å². The molecule has 0 aliphatic carbocycles. The molecule has 16 heavy (non-hydrogen) atoms. The highest BCUT2D eigenvalue weighted by molar-refractivity contribution is 6.30. The first-order valence-corrected chi connectivity index (χ1v) is 5.18. The average Bonchev–Trinajstić information content (AvgIpc) is 2.14. The molecule has 0 unspecified atom stereocenters. The lowest BCUT2D eigenvalue weighted by Crippen LogP contribution is -2.33. The van der Waals surface area contributed by atoms with Crippen LogP contribution in [0.3, 0.4) is 0 Å². The van der Waals surface area contributed by atoms with E-state index in [9.17, 15) is 13.2 Å². The topological polar surface area (TPSA) is 16.1 Å². The normalized spacial score (nSPS) is 12.1. The van der Waals surface area contributed by atoms with Crippen molar-refractivity contribution in [3.63, 3.8) is 0 Å². The molecule has 1 heterocycles. The lowest BCUT2D eigenvalue weighted by atomic mass is 10.3. The molecule has 6 heteroatoms. The van der Waals surface area contributed by atoms with E-state index in [-0.39, 0.29) is 6.54 Å². The molecule has 1 aromatic heterocycles. The predicted octanol–water partition coefficient (Wildman–Crippen LogP) is 3.12. The van der Waals surface area contributed by atoms with E-state index in [0.29, 0.717) is 17.3 Å². The smallest absolute Gasteiger partial charge is 0.289 e. The predicted molar refractivity (Wildman–Crippen MR) is 56.3 cm³/mol. The van der Waals surface area contributed by atoms with Gasteiger partial charge in [0.25, 0.3) is 0 Å².